The maximum atomic E-state index is 13.3. The van der Waals surface area contributed by atoms with Gasteiger partial charge in [0.1, 0.15) is 11.6 Å². The van der Waals surface area contributed by atoms with E-state index in [1.807, 2.05) is 16.3 Å². The first-order valence-corrected chi connectivity index (χ1v) is 9.81. The summed E-state index contributed by atoms with van der Waals surface area (Å²) in [6, 6.07) is 6.44. The van der Waals surface area contributed by atoms with E-state index in [-0.39, 0.29) is 24.2 Å². The summed E-state index contributed by atoms with van der Waals surface area (Å²) in [7, 11) is 0. The van der Waals surface area contributed by atoms with Crippen LogP contribution in [0.5, 0.6) is 0 Å². The number of H-pyrrole nitrogens is 1. The highest BCUT2D eigenvalue weighted by molar-refractivity contribution is 7.11. The molecule has 0 bridgehead atoms. The Morgan fingerprint density at radius 1 is 1.37 bits per heavy atom. The van der Waals surface area contributed by atoms with Crippen LogP contribution in [-0.4, -0.2) is 39.0 Å². The number of fused-ring (bicyclic) bond motifs is 1. The zero-order valence-corrected chi connectivity index (χ0v) is 15.5. The third-order valence-corrected chi connectivity index (χ3v) is 5.85. The van der Waals surface area contributed by atoms with Crippen LogP contribution in [0.4, 0.5) is 4.39 Å². The van der Waals surface area contributed by atoms with E-state index in [1.165, 1.54) is 23.5 Å². The molecule has 3 heterocycles. The fourth-order valence-electron chi connectivity index (χ4n) is 3.39. The molecule has 140 valence electrons. The Labute approximate surface area is 160 Å². The Bertz CT molecular complexity index is 986. The van der Waals surface area contributed by atoms with Crippen molar-refractivity contribution in [2.24, 2.45) is 0 Å². The van der Waals surface area contributed by atoms with Crippen LogP contribution in [0.2, 0.25) is 0 Å². The van der Waals surface area contributed by atoms with Crippen LogP contribution in [0.15, 0.2) is 35.7 Å². The van der Waals surface area contributed by atoms with Crippen molar-refractivity contribution in [3.8, 4) is 0 Å². The number of hydrogen-bond acceptors (Lipinski definition) is 4. The molecule has 2 aromatic heterocycles. The quantitative estimate of drug-likeness (QED) is 0.673. The molecule has 0 aliphatic carbocycles. The van der Waals surface area contributed by atoms with Crippen LogP contribution in [0.3, 0.4) is 0 Å². The molecular formula is C20H20FN3O2S. The van der Waals surface area contributed by atoms with Gasteiger partial charge in [-0.05, 0) is 54.1 Å². The summed E-state index contributed by atoms with van der Waals surface area (Å²) in [5, 5.41) is 11.0. The van der Waals surface area contributed by atoms with E-state index in [2.05, 4.69) is 9.97 Å². The Morgan fingerprint density at radius 2 is 2.19 bits per heavy atom. The van der Waals surface area contributed by atoms with Crippen LogP contribution >= 0.6 is 11.3 Å². The molecule has 3 aromatic rings. The minimum absolute atomic E-state index is 0.000856. The molecule has 0 unspecified atom stereocenters. The molecule has 0 radical (unpaired) electrons. The van der Waals surface area contributed by atoms with Crippen molar-refractivity contribution in [2.75, 3.05) is 13.1 Å². The van der Waals surface area contributed by atoms with Crippen molar-refractivity contribution >= 4 is 34.4 Å². The molecule has 0 atom stereocenters. The number of hydrogen-bond donors (Lipinski definition) is 2. The molecule has 2 N–H and O–H groups in total. The first kappa shape index (κ1) is 17.9. The van der Waals surface area contributed by atoms with Gasteiger partial charge in [-0.3, -0.25) is 4.79 Å². The van der Waals surface area contributed by atoms with Crippen LogP contribution in [0.1, 0.15) is 35.0 Å². The van der Waals surface area contributed by atoms with Crippen molar-refractivity contribution in [3.63, 3.8) is 0 Å². The number of thiophene rings is 1. The smallest absolute Gasteiger partial charge is 0.246 e. The lowest BCUT2D eigenvalue weighted by Gasteiger charge is -2.30. The van der Waals surface area contributed by atoms with E-state index in [4.69, 9.17) is 5.11 Å². The van der Waals surface area contributed by atoms with Gasteiger partial charge in [-0.25, -0.2) is 9.37 Å². The van der Waals surface area contributed by atoms with Gasteiger partial charge in [0.05, 0.1) is 17.6 Å². The number of piperidine rings is 1. The number of nitrogens with zero attached hydrogens (tertiary/aromatic N) is 2. The summed E-state index contributed by atoms with van der Waals surface area (Å²) in [4.78, 5) is 23.0. The molecule has 1 aromatic carbocycles. The summed E-state index contributed by atoms with van der Waals surface area (Å²) in [5.74, 6) is 0.840. The number of halogens is 1. The zero-order valence-electron chi connectivity index (χ0n) is 14.7. The standard InChI is InChI=1S/C20H20FN3O2S/c21-15-1-3-17-18(10-15)23-20(22-17)14-5-7-24(8-6-14)19(26)4-2-16-9-13(11-25)12-27-16/h1-4,9-10,12,14,25H,5-8,11H2,(H,22,23)/b4-2+. The fourth-order valence-corrected chi connectivity index (χ4v) is 4.19. The van der Waals surface area contributed by atoms with Crippen molar-refractivity contribution < 1.29 is 14.3 Å². The second-order valence-electron chi connectivity index (χ2n) is 6.73. The van der Waals surface area contributed by atoms with Crippen LogP contribution in [0, 0.1) is 5.82 Å². The number of aromatic nitrogens is 2. The van der Waals surface area contributed by atoms with Crippen LogP contribution in [0.25, 0.3) is 17.1 Å². The number of carbonyl (C=O) groups is 1. The number of carbonyl (C=O) groups excluding carboxylic acids is 1. The highest BCUT2D eigenvalue weighted by Crippen LogP contribution is 2.28. The Balaban J connectivity index is 1.36. The lowest BCUT2D eigenvalue weighted by molar-refractivity contribution is -0.127. The summed E-state index contributed by atoms with van der Waals surface area (Å²) in [5.41, 5.74) is 2.34. The normalized spacial score (nSPS) is 15.9. The summed E-state index contributed by atoms with van der Waals surface area (Å²) in [6.45, 7) is 1.36. The number of likely N-dealkylation sites (tertiary alicyclic amines) is 1. The van der Waals surface area contributed by atoms with Crippen molar-refractivity contribution in [3.05, 3.63) is 57.8 Å². The number of aromatic amines is 1. The largest absolute Gasteiger partial charge is 0.392 e. The van der Waals surface area contributed by atoms with E-state index in [0.29, 0.717) is 18.6 Å². The van der Waals surface area contributed by atoms with Crippen LogP contribution < -0.4 is 0 Å². The Kier molecular flexibility index (Phi) is 5.05. The molecule has 27 heavy (non-hydrogen) atoms. The molecule has 1 saturated heterocycles. The highest BCUT2D eigenvalue weighted by atomic mass is 32.1. The molecule has 7 heteroatoms. The number of aliphatic hydroxyl groups excluding tert-OH is 1. The minimum atomic E-state index is -0.276. The van der Waals surface area contributed by atoms with E-state index >= 15 is 0 Å². The number of aliphatic hydroxyl groups is 1. The Morgan fingerprint density at radius 3 is 2.93 bits per heavy atom. The minimum Gasteiger partial charge on any atom is -0.392 e. The summed E-state index contributed by atoms with van der Waals surface area (Å²) in [6.07, 6.45) is 5.05. The molecule has 4 rings (SSSR count). The van der Waals surface area contributed by atoms with E-state index in [9.17, 15) is 9.18 Å². The first-order valence-electron chi connectivity index (χ1n) is 8.93. The van der Waals surface area contributed by atoms with Gasteiger partial charge in [-0.2, -0.15) is 0 Å². The van der Waals surface area contributed by atoms with Gasteiger partial charge < -0.3 is 15.0 Å². The van der Waals surface area contributed by atoms with E-state index < -0.39 is 0 Å². The fraction of sp³-hybridized carbons (Fsp3) is 0.300. The molecule has 0 saturated carbocycles. The monoisotopic (exact) mass is 385 g/mol. The van der Waals surface area contributed by atoms with Crippen molar-refractivity contribution in [2.45, 2.75) is 25.4 Å². The van der Waals surface area contributed by atoms with Crippen molar-refractivity contribution in [1.29, 1.82) is 0 Å². The molecule has 1 aliphatic rings. The second kappa shape index (κ2) is 7.62. The predicted molar refractivity (Wildman–Crippen MR) is 104 cm³/mol. The summed E-state index contributed by atoms with van der Waals surface area (Å²) >= 11 is 1.51. The number of benzene rings is 1. The average molecular weight is 385 g/mol. The second-order valence-corrected chi connectivity index (χ2v) is 7.67. The van der Waals surface area contributed by atoms with Gasteiger partial charge >= 0.3 is 0 Å². The first-order chi connectivity index (χ1) is 13.1. The number of imidazole rings is 1. The number of rotatable bonds is 4. The van der Waals surface area contributed by atoms with Gasteiger partial charge in [0, 0.05) is 30.0 Å². The maximum absolute atomic E-state index is 13.3. The van der Waals surface area contributed by atoms with Gasteiger partial charge in [0.2, 0.25) is 5.91 Å². The molecule has 0 spiro atoms. The lowest BCUT2D eigenvalue weighted by Crippen LogP contribution is -2.37. The Hall–Kier alpha value is -2.51. The van der Waals surface area contributed by atoms with Gasteiger partial charge in [-0.15, -0.1) is 11.3 Å². The molecule has 1 fully saturated rings. The van der Waals surface area contributed by atoms with Crippen molar-refractivity contribution in [1.82, 2.24) is 14.9 Å². The predicted octanol–water partition coefficient (Wildman–Crippen LogP) is 3.68. The third-order valence-electron chi connectivity index (χ3n) is 4.90. The van der Waals surface area contributed by atoms with E-state index in [1.54, 1.807) is 18.2 Å². The molecule has 1 aliphatic heterocycles. The van der Waals surface area contributed by atoms with E-state index in [0.717, 1.165) is 34.6 Å². The number of amides is 1. The number of nitrogens with one attached hydrogen (secondary N) is 1. The maximum Gasteiger partial charge on any atom is 0.246 e. The van der Waals surface area contributed by atoms with Gasteiger partial charge in [0.15, 0.2) is 0 Å². The average Bonchev–Trinajstić information content (AvgIpc) is 3.32. The van der Waals surface area contributed by atoms with Crippen LogP contribution in [-0.2, 0) is 11.4 Å². The SMILES string of the molecule is O=C(/C=C/c1cc(CO)cs1)N1CCC(c2nc3ccc(F)cc3[nH]2)CC1. The molecule has 1 amide bonds. The highest BCUT2D eigenvalue weighted by Gasteiger charge is 2.25. The summed E-state index contributed by atoms with van der Waals surface area (Å²) < 4.78 is 13.3. The molecule has 5 nitrogen and oxygen atoms in total. The zero-order chi connectivity index (χ0) is 18.8. The topological polar surface area (TPSA) is 69.2 Å². The third kappa shape index (κ3) is 3.94. The van der Waals surface area contributed by atoms with Gasteiger partial charge in [-0.1, -0.05) is 0 Å². The lowest BCUT2D eigenvalue weighted by atomic mass is 9.96. The molecular weight excluding hydrogens is 365 g/mol. The van der Waals surface area contributed by atoms with Gasteiger partial charge in [0.25, 0.3) is 0 Å².